The van der Waals surface area contributed by atoms with Crippen molar-refractivity contribution in [2.24, 2.45) is 40.4 Å². The molecule has 32 heavy (non-hydrogen) atoms. The zero-order chi connectivity index (χ0) is 23.3. The zero-order valence-corrected chi connectivity index (χ0v) is 19.9. The molecule has 174 valence electrons. The van der Waals surface area contributed by atoms with Gasteiger partial charge in [-0.15, -0.1) is 0 Å². The second-order valence-corrected chi connectivity index (χ2v) is 11.3. The molecule has 0 spiro atoms. The van der Waals surface area contributed by atoms with E-state index in [4.69, 9.17) is 4.74 Å². The highest BCUT2D eigenvalue weighted by atomic mass is 16.5. The third kappa shape index (κ3) is 3.83. The van der Waals surface area contributed by atoms with Crippen molar-refractivity contribution >= 4 is 25.3 Å². The second kappa shape index (κ2) is 8.59. The van der Waals surface area contributed by atoms with Crippen LogP contribution in [0.4, 0.5) is 0 Å². The number of aliphatic hydroxyl groups excluding tert-OH is 1. The average Bonchev–Trinajstić information content (AvgIpc) is 2.97. The predicted octanol–water partition coefficient (Wildman–Crippen LogP) is 3.00. The van der Waals surface area contributed by atoms with E-state index in [0.29, 0.717) is 37.7 Å². The van der Waals surface area contributed by atoms with Gasteiger partial charge in [0.2, 0.25) is 0 Å². The second-order valence-electron chi connectivity index (χ2n) is 11.3. The zero-order valence-electron chi connectivity index (χ0n) is 19.9. The fraction of sp³-hybridized carbons (Fsp3) is 0.731. The molecule has 5 nitrogen and oxygen atoms in total. The van der Waals surface area contributed by atoms with E-state index in [1.165, 1.54) is 0 Å². The normalized spacial score (nSPS) is 42.5. The number of ether oxygens (including phenoxy) is 1. The highest BCUT2D eigenvalue weighted by Gasteiger charge is 2.64. The Bertz CT molecular complexity index is 862. The van der Waals surface area contributed by atoms with E-state index >= 15 is 0 Å². The van der Waals surface area contributed by atoms with Crippen LogP contribution in [0, 0.1) is 40.4 Å². The number of esters is 1. The van der Waals surface area contributed by atoms with Gasteiger partial charge in [-0.25, -0.2) is 0 Å². The van der Waals surface area contributed by atoms with Crippen molar-refractivity contribution in [3.63, 3.8) is 0 Å². The lowest BCUT2D eigenvalue weighted by molar-refractivity contribution is -0.162. The molecule has 8 atom stereocenters. The number of unbranched alkanes of at least 4 members (excludes halogenated alkanes) is 1. The van der Waals surface area contributed by atoms with E-state index < -0.39 is 6.10 Å². The smallest absolute Gasteiger partial charge is 0.309 e. The van der Waals surface area contributed by atoms with Crippen molar-refractivity contribution < 1.29 is 24.2 Å². The largest absolute Gasteiger partial charge is 0.465 e. The van der Waals surface area contributed by atoms with Gasteiger partial charge in [0, 0.05) is 11.3 Å². The van der Waals surface area contributed by atoms with Gasteiger partial charge in [0.25, 0.3) is 0 Å². The fourth-order valence-electron chi connectivity index (χ4n) is 7.93. The summed E-state index contributed by atoms with van der Waals surface area (Å²) in [6.07, 6.45) is 10.4. The quantitative estimate of drug-likeness (QED) is 0.390. The van der Waals surface area contributed by atoms with Gasteiger partial charge in [-0.1, -0.05) is 32.4 Å². The van der Waals surface area contributed by atoms with E-state index in [1.54, 1.807) is 20.0 Å². The van der Waals surface area contributed by atoms with E-state index in [-0.39, 0.29) is 46.0 Å². The molecule has 4 aliphatic carbocycles. The molecule has 4 rings (SSSR count). The number of rotatable bonds is 6. The Balaban J connectivity index is 1.51. The first-order valence-electron chi connectivity index (χ1n) is 12.4. The van der Waals surface area contributed by atoms with Crippen LogP contribution in [-0.4, -0.2) is 43.1 Å². The van der Waals surface area contributed by atoms with Crippen LogP contribution in [0.25, 0.3) is 0 Å². The molecular weight excluding hydrogens is 403 g/mol. The number of hydrogen-bond acceptors (Lipinski definition) is 5. The molecule has 0 aromatic carbocycles. The number of carbonyl (C=O) groups excluding carboxylic acids is 3. The highest BCUT2D eigenvalue weighted by molar-refractivity contribution is 6.57. The average molecular weight is 440 g/mol. The maximum atomic E-state index is 13.2. The Morgan fingerprint density at radius 3 is 2.75 bits per heavy atom. The van der Waals surface area contributed by atoms with E-state index in [2.05, 4.69) is 20.8 Å². The summed E-state index contributed by atoms with van der Waals surface area (Å²) in [7, 11) is 1.58. The van der Waals surface area contributed by atoms with Gasteiger partial charge in [0.1, 0.15) is 0 Å². The van der Waals surface area contributed by atoms with Crippen LogP contribution in [0.2, 0.25) is 0 Å². The van der Waals surface area contributed by atoms with Gasteiger partial charge in [0.15, 0.2) is 13.6 Å². The Morgan fingerprint density at radius 2 is 2.03 bits per heavy atom. The summed E-state index contributed by atoms with van der Waals surface area (Å²) in [5, 5.41) is 11.4. The maximum absolute atomic E-state index is 13.2. The third-order valence-corrected chi connectivity index (χ3v) is 9.26. The summed E-state index contributed by atoms with van der Waals surface area (Å²) in [5.74, 6) is 0.704. The minimum Gasteiger partial charge on any atom is -0.465 e. The van der Waals surface area contributed by atoms with Crippen molar-refractivity contribution in [3.05, 3.63) is 23.8 Å². The van der Waals surface area contributed by atoms with Gasteiger partial charge in [0.05, 0.1) is 24.3 Å². The van der Waals surface area contributed by atoms with E-state index in [0.717, 1.165) is 31.3 Å². The molecule has 6 unspecified atom stereocenters. The molecule has 0 saturated heterocycles. The van der Waals surface area contributed by atoms with E-state index in [9.17, 15) is 19.5 Å². The molecule has 1 N–H and O–H groups in total. The molecule has 0 aromatic heterocycles. The van der Waals surface area contributed by atoms with Crippen LogP contribution in [-0.2, 0) is 19.1 Å². The summed E-state index contributed by atoms with van der Waals surface area (Å²) in [5.41, 5.74) is 0.762. The number of aliphatic hydroxyl groups is 1. The third-order valence-electron chi connectivity index (χ3n) is 9.26. The molecule has 3 fully saturated rings. The van der Waals surface area contributed by atoms with Crippen LogP contribution in [0.15, 0.2) is 23.8 Å². The Morgan fingerprint density at radius 1 is 1.28 bits per heavy atom. The van der Waals surface area contributed by atoms with Crippen LogP contribution in [0.3, 0.4) is 0 Å². The van der Waals surface area contributed by atoms with Crippen LogP contribution in [0.5, 0.6) is 0 Å². The van der Waals surface area contributed by atoms with Gasteiger partial charge >= 0.3 is 5.97 Å². The number of allylic oxidation sites excluding steroid dienone is 4. The first-order chi connectivity index (χ1) is 15.1. The minimum atomic E-state index is -0.510. The molecule has 0 aliphatic heterocycles. The van der Waals surface area contributed by atoms with Gasteiger partial charge in [-0.3, -0.25) is 9.59 Å². The molecule has 0 heterocycles. The fourth-order valence-corrected chi connectivity index (χ4v) is 7.93. The molecule has 0 amide bonds. The number of ketones is 1. The summed E-state index contributed by atoms with van der Waals surface area (Å²) >= 11 is 0. The minimum absolute atomic E-state index is 0.0478. The molecule has 3 saturated carbocycles. The van der Waals surface area contributed by atoms with Crippen molar-refractivity contribution in [1.82, 2.24) is 0 Å². The SMILES string of the molecule is BC(=O)CCCCOC(=O)C1[C@H](C)CC2C3CCC4=CC(=O)C=CC4(C)C3[C@@H](O)CC21C. The van der Waals surface area contributed by atoms with Crippen molar-refractivity contribution in [3.8, 4) is 0 Å². The van der Waals surface area contributed by atoms with Gasteiger partial charge < -0.3 is 14.6 Å². The van der Waals surface area contributed by atoms with Crippen molar-refractivity contribution in [2.45, 2.75) is 71.8 Å². The Kier molecular flexibility index (Phi) is 6.30. The number of hydrogen-bond donors (Lipinski definition) is 1. The first kappa shape index (κ1) is 23.5. The summed E-state index contributed by atoms with van der Waals surface area (Å²) in [6, 6.07) is 0. The lowest BCUT2D eigenvalue weighted by Gasteiger charge is -2.58. The van der Waals surface area contributed by atoms with Crippen molar-refractivity contribution in [1.29, 1.82) is 0 Å². The summed E-state index contributed by atoms with van der Waals surface area (Å²) in [6.45, 7) is 6.88. The Labute approximate surface area is 192 Å². The van der Waals surface area contributed by atoms with Crippen LogP contribution in [0.1, 0.15) is 65.7 Å². The lowest BCUT2D eigenvalue weighted by atomic mass is 9.47. The Hall–Kier alpha value is -1.69. The van der Waals surface area contributed by atoms with Gasteiger partial charge in [-0.05, 0) is 80.3 Å². The predicted molar refractivity (Wildman–Crippen MR) is 124 cm³/mol. The number of carbonyl (C=O) groups is 3. The molecule has 0 radical (unpaired) electrons. The molecule has 0 bridgehead atoms. The molecule has 4 aliphatic rings. The maximum Gasteiger partial charge on any atom is 0.309 e. The number of fused-ring (bicyclic) bond motifs is 5. The van der Waals surface area contributed by atoms with Crippen molar-refractivity contribution in [2.75, 3.05) is 6.61 Å². The first-order valence-corrected chi connectivity index (χ1v) is 12.4. The van der Waals surface area contributed by atoms with Crippen LogP contribution >= 0.6 is 0 Å². The van der Waals surface area contributed by atoms with Gasteiger partial charge in [-0.2, -0.15) is 0 Å². The molecule has 6 heteroatoms. The molecular formula is C26H37BO5. The highest BCUT2D eigenvalue weighted by Crippen LogP contribution is 2.67. The summed E-state index contributed by atoms with van der Waals surface area (Å²) < 4.78 is 5.69. The van der Waals surface area contributed by atoms with E-state index in [1.807, 2.05) is 6.08 Å². The summed E-state index contributed by atoms with van der Waals surface area (Å²) in [4.78, 5) is 36.3. The topological polar surface area (TPSA) is 80.7 Å². The van der Waals surface area contributed by atoms with Crippen LogP contribution < -0.4 is 0 Å². The lowest BCUT2D eigenvalue weighted by Crippen LogP contribution is -2.56. The molecule has 0 aromatic rings. The monoisotopic (exact) mass is 440 g/mol. The standard InChI is InChI=1S/C26H37BO5/c1-15-12-19-18-8-7-16-13-17(28)9-10-25(16,2)23(18)20(29)14-26(19,3)22(15)24(31)32-11-5-4-6-21(27)30/h9-10,13,15,18-20,22-23,29H,4-8,11-12,14,27H2,1-3H3/t15-,18?,19?,20+,22?,23?,25?,26?/m1/s1.